The third kappa shape index (κ3) is 5.22. The fourth-order valence-corrected chi connectivity index (χ4v) is 5.41. The summed E-state index contributed by atoms with van der Waals surface area (Å²) < 4.78 is 12.6. The number of carbonyl (C=O) groups is 1. The molecule has 10 nitrogen and oxygen atoms in total. The third-order valence-corrected chi connectivity index (χ3v) is 7.30. The van der Waals surface area contributed by atoms with Crippen molar-refractivity contribution in [2.45, 2.75) is 52.1 Å². The first-order valence-corrected chi connectivity index (χ1v) is 13.6. The van der Waals surface area contributed by atoms with Gasteiger partial charge in [-0.3, -0.25) is 0 Å². The molecule has 206 valence electrons. The smallest absolute Gasteiger partial charge is 0.449 e. The van der Waals surface area contributed by atoms with E-state index < -0.39 is 6.16 Å². The Bertz CT molecular complexity index is 1700. The zero-order valence-corrected chi connectivity index (χ0v) is 22.8. The summed E-state index contributed by atoms with van der Waals surface area (Å²) >= 11 is 0. The first-order valence-electron chi connectivity index (χ1n) is 13.6. The van der Waals surface area contributed by atoms with Gasteiger partial charge in [0.05, 0.1) is 5.52 Å². The van der Waals surface area contributed by atoms with Crippen LogP contribution in [-0.2, 0) is 6.54 Å². The first-order chi connectivity index (χ1) is 19.3. The van der Waals surface area contributed by atoms with Crippen LogP contribution >= 0.6 is 0 Å². The normalized spacial score (nSPS) is 14.3. The Kier molecular flexibility index (Phi) is 6.85. The molecule has 0 unspecified atom stereocenters. The van der Waals surface area contributed by atoms with Gasteiger partial charge in [-0.2, -0.15) is 4.98 Å². The van der Waals surface area contributed by atoms with Crippen molar-refractivity contribution in [3.8, 4) is 17.1 Å². The van der Waals surface area contributed by atoms with E-state index in [9.17, 15) is 9.90 Å². The molecular formula is C30H32N6O4. The molecule has 3 heterocycles. The van der Waals surface area contributed by atoms with Gasteiger partial charge in [0.15, 0.2) is 5.75 Å². The van der Waals surface area contributed by atoms with Crippen LogP contribution in [0, 0.1) is 6.92 Å². The number of fused-ring (bicyclic) bond motifs is 2. The van der Waals surface area contributed by atoms with Crippen LogP contribution in [0.2, 0.25) is 0 Å². The Morgan fingerprint density at radius 3 is 2.65 bits per heavy atom. The molecule has 6 rings (SSSR count). The number of hydrogen-bond acceptors (Lipinski definition) is 8. The van der Waals surface area contributed by atoms with E-state index in [-0.39, 0.29) is 11.7 Å². The predicted molar refractivity (Wildman–Crippen MR) is 153 cm³/mol. The number of ether oxygens (including phenoxy) is 1. The number of nitrogens with zero attached hydrogens (tertiary/aromatic N) is 4. The van der Waals surface area contributed by atoms with Gasteiger partial charge in [0.2, 0.25) is 11.7 Å². The first kappa shape index (κ1) is 25.8. The highest BCUT2D eigenvalue weighted by atomic mass is 16.7. The second-order valence-electron chi connectivity index (χ2n) is 10.6. The molecule has 5 aromatic rings. The highest BCUT2D eigenvalue weighted by molar-refractivity contribution is 5.89. The summed E-state index contributed by atoms with van der Waals surface area (Å²) in [5.74, 6) is 2.30. The van der Waals surface area contributed by atoms with E-state index in [1.165, 1.54) is 0 Å². The lowest BCUT2D eigenvalue weighted by Gasteiger charge is -2.25. The zero-order chi connectivity index (χ0) is 27.8. The van der Waals surface area contributed by atoms with E-state index in [1.54, 1.807) is 13.0 Å². The van der Waals surface area contributed by atoms with Crippen molar-refractivity contribution >= 4 is 33.6 Å². The highest BCUT2D eigenvalue weighted by Gasteiger charge is 2.21. The number of imidazole rings is 1. The van der Waals surface area contributed by atoms with Gasteiger partial charge in [-0.05, 0) is 60.5 Å². The Labute approximate surface area is 231 Å². The van der Waals surface area contributed by atoms with Crippen molar-refractivity contribution in [1.29, 1.82) is 0 Å². The van der Waals surface area contributed by atoms with Gasteiger partial charge in [-0.1, -0.05) is 43.3 Å². The largest absolute Gasteiger partial charge is 0.511 e. The highest BCUT2D eigenvalue weighted by Crippen LogP contribution is 2.34. The van der Waals surface area contributed by atoms with Crippen molar-refractivity contribution in [2.75, 3.05) is 18.4 Å². The number of hydrogen-bond donors (Lipinski definition) is 3. The van der Waals surface area contributed by atoms with Gasteiger partial charge in [0.1, 0.15) is 11.3 Å². The van der Waals surface area contributed by atoms with Crippen LogP contribution < -0.4 is 15.4 Å². The van der Waals surface area contributed by atoms with Gasteiger partial charge >= 0.3 is 6.16 Å². The van der Waals surface area contributed by atoms with E-state index in [0.29, 0.717) is 29.8 Å². The van der Waals surface area contributed by atoms with E-state index in [4.69, 9.17) is 14.2 Å². The zero-order valence-electron chi connectivity index (χ0n) is 22.8. The molecule has 0 spiro atoms. The van der Waals surface area contributed by atoms with Crippen LogP contribution in [0.25, 0.3) is 33.2 Å². The van der Waals surface area contributed by atoms with Crippen molar-refractivity contribution in [3.63, 3.8) is 0 Å². The molecule has 0 atom stereocenters. The Morgan fingerprint density at radius 1 is 1.12 bits per heavy atom. The minimum Gasteiger partial charge on any atom is -0.449 e. The van der Waals surface area contributed by atoms with Gasteiger partial charge in [0, 0.05) is 42.7 Å². The third-order valence-electron chi connectivity index (χ3n) is 7.30. The summed E-state index contributed by atoms with van der Waals surface area (Å²) in [7, 11) is 0. The van der Waals surface area contributed by atoms with Gasteiger partial charge in [-0.25, -0.2) is 9.78 Å². The summed E-state index contributed by atoms with van der Waals surface area (Å²) in [4.78, 5) is 20.8. The minimum absolute atomic E-state index is 0.111. The maximum Gasteiger partial charge on any atom is 0.511 e. The Balaban J connectivity index is 1.42. The van der Waals surface area contributed by atoms with E-state index >= 15 is 0 Å². The average Bonchev–Trinajstić information content (AvgIpc) is 3.53. The second-order valence-corrected chi connectivity index (χ2v) is 10.6. The lowest BCUT2D eigenvalue weighted by Crippen LogP contribution is -2.35. The van der Waals surface area contributed by atoms with Crippen LogP contribution in [0.15, 0.2) is 53.1 Å². The molecule has 0 bridgehead atoms. The predicted octanol–water partition coefficient (Wildman–Crippen LogP) is 5.94. The summed E-state index contributed by atoms with van der Waals surface area (Å²) in [6.07, 6.45) is 0.626. The SMILES string of the molecule is Cc1nc(-c2ccc3ccc(Cn4c(C(C)C)nc5c(OC(=O)O)cc(NC6CCNCC6)cc54)cc3c2)no1. The van der Waals surface area contributed by atoms with Gasteiger partial charge in [0.25, 0.3) is 0 Å². The Morgan fingerprint density at radius 2 is 1.93 bits per heavy atom. The standard InChI is InChI=1S/C30H32N6O4/c1-17(2)29-34-27-25(14-24(15-26(27)39-30(37)38)33-23-8-10-31-11-9-23)36(29)16-19-4-5-20-6-7-21(13-22(20)12-19)28-32-18(3)40-35-28/h4-7,12-15,17,23,31,33H,8-11,16H2,1-3H3,(H,37,38). The fourth-order valence-electron chi connectivity index (χ4n) is 5.41. The van der Waals surface area contributed by atoms with Crippen molar-refractivity contribution < 1.29 is 19.2 Å². The molecule has 1 aliphatic heterocycles. The fraction of sp³-hybridized carbons (Fsp3) is 0.333. The van der Waals surface area contributed by atoms with Crippen LogP contribution in [0.1, 0.15) is 49.9 Å². The Hall–Kier alpha value is -4.44. The van der Waals surface area contributed by atoms with Crippen molar-refractivity contribution in [2.24, 2.45) is 0 Å². The monoisotopic (exact) mass is 540 g/mol. The van der Waals surface area contributed by atoms with Crippen LogP contribution in [0.4, 0.5) is 10.5 Å². The summed E-state index contributed by atoms with van der Waals surface area (Å²) in [6, 6.07) is 16.6. The molecule has 10 heteroatoms. The molecule has 0 radical (unpaired) electrons. The number of carboxylic acid groups (broad SMARTS) is 1. The van der Waals surface area contributed by atoms with E-state index in [2.05, 4.69) is 75.6 Å². The molecule has 0 saturated carbocycles. The maximum atomic E-state index is 11.6. The summed E-state index contributed by atoms with van der Waals surface area (Å²) in [5, 5.41) is 22.7. The average molecular weight is 541 g/mol. The molecule has 3 N–H and O–H groups in total. The van der Waals surface area contributed by atoms with Gasteiger partial charge < -0.3 is 29.6 Å². The quantitative estimate of drug-likeness (QED) is 0.170. The number of aryl methyl sites for hydroxylation is 1. The maximum absolute atomic E-state index is 11.6. The molecular weight excluding hydrogens is 508 g/mol. The second kappa shape index (κ2) is 10.6. The van der Waals surface area contributed by atoms with Crippen molar-refractivity contribution in [3.05, 3.63) is 65.8 Å². The summed E-state index contributed by atoms with van der Waals surface area (Å²) in [6.45, 7) is 8.41. The minimum atomic E-state index is -1.36. The molecule has 1 aliphatic rings. The van der Waals surface area contributed by atoms with E-state index in [1.807, 2.05) is 6.07 Å². The molecule has 2 aromatic heterocycles. The number of anilines is 1. The molecule has 40 heavy (non-hydrogen) atoms. The molecule has 1 saturated heterocycles. The van der Waals surface area contributed by atoms with Crippen molar-refractivity contribution in [1.82, 2.24) is 25.0 Å². The lowest BCUT2D eigenvalue weighted by atomic mass is 10.0. The number of nitrogens with one attached hydrogen (secondary N) is 2. The molecule has 1 fully saturated rings. The lowest BCUT2D eigenvalue weighted by molar-refractivity contribution is 0.145. The molecule has 0 aliphatic carbocycles. The number of benzene rings is 3. The topological polar surface area (TPSA) is 127 Å². The number of aromatic nitrogens is 4. The van der Waals surface area contributed by atoms with Crippen LogP contribution in [0.3, 0.4) is 0 Å². The molecule has 3 aromatic carbocycles. The van der Waals surface area contributed by atoms with Gasteiger partial charge in [-0.15, -0.1) is 0 Å². The number of piperidine rings is 1. The van der Waals surface area contributed by atoms with E-state index in [0.717, 1.165) is 64.9 Å². The van der Waals surface area contributed by atoms with Crippen LogP contribution in [0.5, 0.6) is 5.75 Å². The summed E-state index contributed by atoms with van der Waals surface area (Å²) in [5.41, 5.74) is 4.17. The number of rotatable bonds is 7. The van der Waals surface area contributed by atoms with Crippen LogP contribution in [-0.4, -0.2) is 50.1 Å². The molecule has 0 amide bonds.